The summed E-state index contributed by atoms with van der Waals surface area (Å²) in [7, 11) is 6.67. The molecule has 96 heavy (non-hydrogen) atoms. The molecule has 0 atom stereocenters. The van der Waals surface area contributed by atoms with Crippen molar-refractivity contribution >= 4 is 137 Å². The quantitative estimate of drug-likeness (QED) is 0.0714. The van der Waals surface area contributed by atoms with Crippen molar-refractivity contribution in [2.75, 3.05) is 49.7 Å². The van der Waals surface area contributed by atoms with Crippen LogP contribution in [0.25, 0.3) is 88.6 Å². The van der Waals surface area contributed by atoms with Crippen molar-refractivity contribution in [3.63, 3.8) is 0 Å². The molecule has 0 aliphatic rings. The number of fused-ring (bicyclic) bond motifs is 4. The Morgan fingerprint density at radius 1 is 0.208 bits per heavy atom. The van der Waals surface area contributed by atoms with Crippen LogP contribution in [0.4, 0.5) is 45.5 Å². The van der Waals surface area contributed by atoms with E-state index in [9.17, 15) is 0 Å². The molecule has 0 bridgehead atoms. The highest BCUT2D eigenvalue weighted by molar-refractivity contribution is 7.01. The minimum Gasteiger partial charge on any atom is -0.497 e. The average Bonchev–Trinajstić information content (AvgIpc) is 1.54. The topological polar surface area (TPSA) is 188 Å². The molecule has 12 aromatic carbocycles. The maximum absolute atomic E-state index is 5.23. The van der Waals surface area contributed by atoms with Crippen LogP contribution in [-0.2, 0) is 0 Å². The molecule has 16 aromatic rings. The molecule has 0 spiro atoms. The molecule has 472 valence electrons. The first-order valence-electron chi connectivity index (χ1n) is 30.3. The molecule has 0 amide bonds. The molecule has 20 heteroatoms. The van der Waals surface area contributed by atoms with Gasteiger partial charge in [-0.3, -0.25) is 0 Å². The van der Waals surface area contributed by atoms with E-state index in [1.807, 2.05) is 218 Å². The number of nitrogens with one attached hydrogen (secondary N) is 4. The molecule has 0 fully saturated rings. The first-order chi connectivity index (χ1) is 47.4. The molecule has 0 saturated heterocycles. The molecule has 4 N–H and O–H groups in total. The summed E-state index contributed by atoms with van der Waals surface area (Å²) in [6.07, 6.45) is 0. The Labute approximate surface area is 570 Å². The number of hydrogen-bond acceptors (Lipinski definition) is 20. The van der Waals surface area contributed by atoms with Gasteiger partial charge in [-0.1, -0.05) is 121 Å². The Balaban J connectivity index is 0.000000116. The van der Waals surface area contributed by atoms with Gasteiger partial charge in [-0.15, -0.1) is 0 Å². The van der Waals surface area contributed by atoms with Crippen molar-refractivity contribution < 1.29 is 18.9 Å². The van der Waals surface area contributed by atoms with Crippen LogP contribution >= 0.6 is 46.9 Å². The lowest BCUT2D eigenvalue weighted by molar-refractivity contribution is 0.415. The Kier molecular flexibility index (Phi) is 20.0. The summed E-state index contributed by atoms with van der Waals surface area (Å²) in [4.78, 5) is 0. The molecule has 0 unspecified atom stereocenters. The van der Waals surface area contributed by atoms with Gasteiger partial charge in [0.05, 0.1) is 98.1 Å². The summed E-state index contributed by atoms with van der Waals surface area (Å²) in [5.74, 6) is 3.37. The summed E-state index contributed by atoms with van der Waals surface area (Å²) in [5, 5.41) is 13.7. The van der Waals surface area contributed by atoms with E-state index in [1.54, 1.807) is 28.4 Å². The number of aromatic nitrogens is 8. The molecule has 4 aromatic heterocycles. The van der Waals surface area contributed by atoms with E-state index in [4.69, 9.17) is 18.9 Å². The number of rotatable bonds is 16. The number of para-hydroxylation sites is 4. The van der Waals surface area contributed by atoms with Gasteiger partial charge in [-0.25, -0.2) is 0 Å². The van der Waals surface area contributed by atoms with Gasteiger partial charge < -0.3 is 40.2 Å². The van der Waals surface area contributed by atoms with Crippen LogP contribution < -0.4 is 40.2 Å². The number of methoxy groups -OCH3 is 4. The van der Waals surface area contributed by atoms with Gasteiger partial charge in [-0.2, -0.15) is 35.0 Å². The van der Waals surface area contributed by atoms with Gasteiger partial charge in [0.15, 0.2) is 0 Å². The van der Waals surface area contributed by atoms with Crippen molar-refractivity contribution in [2.24, 2.45) is 0 Å². The van der Waals surface area contributed by atoms with Crippen molar-refractivity contribution in [1.82, 2.24) is 35.0 Å². The normalized spacial score (nSPS) is 10.7. The molecule has 0 saturated carbocycles. The minimum absolute atomic E-state index is 0.841. The van der Waals surface area contributed by atoms with E-state index < -0.39 is 0 Å². The second kappa shape index (κ2) is 30.4. The van der Waals surface area contributed by atoms with E-state index >= 15 is 0 Å². The van der Waals surface area contributed by atoms with Gasteiger partial charge in [-0.05, 0) is 168 Å². The molecular formula is C76H60N12O4S4. The predicted octanol–water partition coefficient (Wildman–Crippen LogP) is 20.4. The lowest BCUT2D eigenvalue weighted by Gasteiger charge is -2.09. The third kappa shape index (κ3) is 14.7. The number of benzene rings is 12. The largest absolute Gasteiger partial charge is 0.497 e. The predicted molar refractivity (Wildman–Crippen MR) is 397 cm³/mol. The first kappa shape index (κ1) is 63.1. The molecule has 16 nitrogen and oxygen atoms in total. The Morgan fingerprint density at radius 3 is 0.583 bits per heavy atom. The van der Waals surface area contributed by atoms with Gasteiger partial charge in [0, 0.05) is 45.0 Å². The van der Waals surface area contributed by atoms with Crippen molar-refractivity contribution in [3.8, 4) is 67.5 Å². The monoisotopic (exact) mass is 1330 g/mol. The Bertz CT molecular complexity index is 4510. The fraction of sp³-hybridized carbons (Fsp3) is 0.0526. The number of hydrogen-bond donors (Lipinski definition) is 4. The first-order valence-corrected chi connectivity index (χ1v) is 33.2. The highest BCUT2D eigenvalue weighted by Gasteiger charge is 2.17. The standard InChI is InChI=1S/4C19H15N3OS/c4*1-23-15-9-7-13(8-10-15)16-11-12-17(19-18(16)21-24-22-19)20-14-5-3-2-4-6-14/h4*2-12,20H,1H3. The second-order valence-electron chi connectivity index (χ2n) is 21.4. The summed E-state index contributed by atoms with van der Waals surface area (Å²) in [6, 6.07) is 88.8. The van der Waals surface area contributed by atoms with Crippen LogP contribution in [-0.4, -0.2) is 63.4 Å². The smallest absolute Gasteiger partial charge is 0.128 e. The van der Waals surface area contributed by atoms with Gasteiger partial charge in [0.25, 0.3) is 0 Å². The minimum atomic E-state index is 0.841. The van der Waals surface area contributed by atoms with Crippen LogP contribution in [0.5, 0.6) is 23.0 Å². The van der Waals surface area contributed by atoms with E-state index in [-0.39, 0.29) is 0 Å². The number of ether oxygens (including phenoxy) is 4. The third-order valence-electron chi connectivity index (χ3n) is 15.5. The highest BCUT2D eigenvalue weighted by Crippen LogP contribution is 2.39. The molecular weight excluding hydrogens is 1270 g/mol. The summed E-state index contributed by atoms with van der Waals surface area (Å²) in [5.41, 5.74) is 23.8. The van der Waals surface area contributed by atoms with Gasteiger partial charge in [0.2, 0.25) is 0 Å². The molecule has 4 heterocycles. The van der Waals surface area contributed by atoms with Gasteiger partial charge in [0.1, 0.15) is 67.1 Å². The zero-order chi connectivity index (χ0) is 65.4. The zero-order valence-corrected chi connectivity index (χ0v) is 55.5. The van der Waals surface area contributed by atoms with E-state index in [0.717, 1.165) is 157 Å². The maximum Gasteiger partial charge on any atom is 0.128 e. The molecule has 0 aliphatic heterocycles. The van der Waals surface area contributed by atoms with E-state index in [1.165, 1.54) is 46.9 Å². The third-order valence-corrected chi connectivity index (χ3v) is 17.6. The van der Waals surface area contributed by atoms with Crippen LogP contribution in [0.1, 0.15) is 0 Å². The fourth-order valence-corrected chi connectivity index (χ4v) is 12.9. The van der Waals surface area contributed by atoms with Crippen LogP contribution in [0, 0.1) is 0 Å². The van der Waals surface area contributed by atoms with Crippen molar-refractivity contribution in [1.29, 1.82) is 0 Å². The maximum atomic E-state index is 5.23. The SMILES string of the molecule is COc1ccc(-c2ccc(Nc3ccccc3)c3nsnc23)cc1.COc1ccc(-c2ccc(Nc3ccccc3)c3nsnc23)cc1.COc1ccc(-c2ccc(Nc3ccccc3)c3nsnc23)cc1.COc1ccc(-c2ccc(Nc3ccccc3)c3nsnc23)cc1. The molecule has 0 aliphatic carbocycles. The number of anilines is 8. The second-order valence-corrected chi connectivity index (χ2v) is 23.5. The summed E-state index contributed by atoms with van der Waals surface area (Å²) >= 11 is 4.92. The van der Waals surface area contributed by atoms with Crippen LogP contribution in [0.15, 0.2) is 267 Å². The van der Waals surface area contributed by atoms with Gasteiger partial charge >= 0.3 is 0 Å². The van der Waals surface area contributed by atoms with E-state index in [0.29, 0.717) is 0 Å². The van der Waals surface area contributed by atoms with Crippen LogP contribution in [0.2, 0.25) is 0 Å². The summed E-state index contributed by atoms with van der Waals surface area (Å²) < 4.78 is 56.8. The van der Waals surface area contributed by atoms with Crippen LogP contribution in [0.3, 0.4) is 0 Å². The van der Waals surface area contributed by atoms with E-state index in [2.05, 4.69) is 105 Å². The van der Waals surface area contributed by atoms with Crippen molar-refractivity contribution in [2.45, 2.75) is 0 Å². The Morgan fingerprint density at radius 2 is 0.396 bits per heavy atom. The number of nitrogens with zero attached hydrogens (tertiary/aromatic N) is 8. The van der Waals surface area contributed by atoms with Crippen molar-refractivity contribution in [3.05, 3.63) is 267 Å². The Hall–Kier alpha value is -11.7. The lowest BCUT2D eigenvalue weighted by atomic mass is 10.0. The highest BCUT2D eigenvalue weighted by atomic mass is 32.1. The lowest BCUT2D eigenvalue weighted by Crippen LogP contribution is -1.92. The zero-order valence-electron chi connectivity index (χ0n) is 52.2. The summed E-state index contributed by atoms with van der Waals surface area (Å²) in [6.45, 7) is 0. The molecule has 0 radical (unpaired) electrons. The average molecular weight is 1330 g/mol. The fourth-order valence-electron chi connectivity index (χ4n) is 10.6. The molecule has 16 rings (SSSR count).